The maximum Gasteiger partial charge on any atom is 0.0546 e. The molecule has 62 valence electrons. The maximum absolute atomic E-state index is 5.11. The number of ether oxygens (including phenoxy) is 2. The van der Waals surface area contributed by atoms with Gasteiger partial charge in [0.1, 0.15) is 0 Å². The average Bonchev–Trinajstić information content (AvgIpc) is 1.88. The van der Waals surface area contributed by atoms with E-state index < -0.39 is 0 Å². The van der Waals surface area contributed by atoms with Crippen LogP contribution in [0, 0.1) is 5.92 Å². The molecule has 0 rings (SSSR count). The Bertz CT molecular complexity index is 73.7. The number of rotatable bonds is 5. The SMILES string of the molecule is COCC(C)CC(C)OC. The molecule has 0 bridgehead atoms. The van der Waals surface area contributed by atoms with E-state index in [0.717, 1.165) is 13.0 Å². The third-order valence-corrected chi connectivity index (χ3v) is 1.59. The molecule has 0 aromatic heterocycles. The van der Waals surface area contributed by atoms with Gasteiger partial charge in [-0.15, -0.1) is 0 Å². The second kappa shape index (κ2) is 5.69. The van der Waals surface area contributed by atoms with E-state index >= 15 is 0 Å². The average molecular weight is 146 g/mol. The lowest BCUT2D eigenvalue weighted by Crippen LogP contribution is -2.13. The Balaban J connectivity index is 3.27. The highest BCUT2D eigenvalue weighted by molar-refractivity contribution is 4.56. The van der Waals surface area contributed by atoms with Gasteiger partial charge < -0.3 is 9.47 Å². The van der Waals surface area contributed by atoms with Crippen molar-refractivity contribution in [3.63, 3.8) is 0 Å². The minimum absolute atomic E-state index is 0.352. The molecule has 0 N–H and O–H groups in total. The molecule has 0 spiro atoms. The van der Waals surface area contributed by atoms with E-state index in [9.17, 15) is 0 Å². The lowest BCUT2D eigenvalue weighted by atomic mass is 10.1. The lowest BCUT2D eigenvalue weighted by molar-refractivity contribution is 0.0746. The molecule has 0 aromatic carbocycles. The van der Waals surface area contributed by atoms with Crippen LogP contribution in [0.4, 0.5) is 0 Å². The van der Waals surface area contributed by atoms with Crippen LogP contribution in [0.15, 0.2) is 0 Å². The zero-order valence-electron chi connectivity index (χ0n) is 7.39. The Morgan fingerprint density at radius 3 is 2.20 bits per heavy atom. The highest BCUT2D eigenvalue weighted by Crippen LogP contribution is 2.07. The van der Waals surface area contributed by atoms with E-state index in [2.05, 4.69) is 13.8 Å². The van der Waals surface area contributed by atoms with Crippen LogP contribution in [0.2, 0.25) is 0 Å². The summed E-state index contributed by atoms with van der Waals surface area (Å²) in [7, 11) is 3.47. The Labute approximate surface area is 63.5 Å². The van der Waals surface area contributed by atoms with Gasteiger partial charge in [0.05, 0.1) is 6.10 Å². The summed E-state index contributed by atoms with van der Waals surface area (Å²) in [6.45, 7) is 5.07. The molecular formula is C8H18O2. The van der Waals surface area contributed by atoms with Crippen molar-refractivity contribution in [2.75, 3.05) is 20.8 Å². The van der Waals surface area contributed by atoms with Crippen LogP contribution in [0.5, 0.6) is 0 Å². The third-order valence-electron chi connectivity index (χ3n) is 1.59. The van der Waals surface area contributed by atoms with E-state index in [1.807, 2.05) is 0 Å². The predicted molar refractivity (Wildman–Crippen MR) is 42.1 cm³/mol. The standard InChI is InChI=1S/C8H18O2/c1-7(6-9-3)5-8(2)10-4/h7-8H,5-6H2,1-4H3. The second-order valence-corrected chi connectivity index (χ2v) is 2.84. The van der Waals surface area contributed by atoms with Crippen molar-refractivity contribution in [3.8, 4) is 0 Å². The molecule has 2 nitrogen and oxygen atoms in total. The zero-order valence-corrected chi connectivity index (χ0v) is 7.39. The van der Waals surface area contributed by atoms with Gasteiger partial charge in [-0.3, -0.25) is 0 Å². The van der Waals surface area contributed by atoms with Gasteiger partial charge in [-0.05, 0) is 19.3 Å². The number of hydrogen-bond acceptors (Lipinski definition) is 2. The van der Waals surface area contributed by atoms with Crippen LogP contribution in [-0.2, 0) is 9.47 Å². The Kier molecular flexibility index (Phi) is 5.64. The van der Waals surface area contributed by atoms with Gasteiger partial charge in [-0.2, -0.15) is 0 Å². The van der Waals surface area contributed by atoms with Crippen LogP contribution in [-0.4, -0.2) is 26.9 Å². The first-order valence-corrected chi connectivity index (χ1v) is 3.72. The first kappa shape index (κ1) is 9.92. The Morgan fingerprint density at radius 2 is 1.80 bits per heavy atom. The minimum Gasteiger partial charge on any atom is -0.384 e. The second-order valence-electron chi connectivity index (χ2n) is 2.84. The summed E-state index contributed by atoms with van der Waals surface area (Å²) in [5, 5.41) is 0. The van der Waals surface area contributed by atoms with Gasteiger partial charge >= 0.3 is 0 Å². The topological polar surface area (TPSA) is 18.5 Å². The normalized spacial score (nSPS) is 16.8. The van der Waals surface area contributed by atoms with Crippen molar-refractivity contribution < 1.29 is 9.47 Å². The molecule has 0 aliphatic heterocycles. The lowest BCUT2D eigenvalue weighted by Gasteiger charge is -2.14. The summed E-state index contributed by atoms with van der Waals surface area (Å²) in [6.07, 6.45) is 1.43. The van der Waals surface area contributed by atoms with E-state index in [1.165, 1.54) is 0 Å². The third kappa shape index (κ3) is 4.77. The molecule has 0 saturated heterocycles. The smallest absolute Gasteiger partial charge is 0.0546 e. The van der Waals surface area contributed by atoms with Gasteiger partial charge in [0.25, 0.3) is 0 Å². The summed E-state index contributed by atoms with van der Waals surface area (Å²) < 4.78 is 10.1. The summed E-state index contributed by atoms with van der Waals surface area (Å²) in [5.74, 6) is 0.597. The molecule has 0 radical (unpaired) electrons. The number of hydrogen-bond donors (Lipinski definition) is 0. The van der Waals surface area contributed by atoms with Gasteiger partial charge in [-0.25, -0.2) is 0 Å². The van der Waals surface area contributed by atoms with Crippen molar-refractivity contribution >= 4 is 0 Å². The first-order chi connectivity index (χ1) is 4.70. The fourth-order valence-corrected chi connectivity index (χ4v) is 1.02. The molecule has 0 fully saturated rings. The van der Waals surface area contributed by atoms with Crippen molar-refractivity contribution in [2.45, 2.75) is 26.4 Å². The molecular weight excluding hydrogens is 128 g/mol. The van der Waals surface area contributed by atoms with Crippen LogP contribution >= 0.6 is 0 Å². The molecule has 0 aliphatic carbocycles. The highest BCUT2D eigenvalue weighted by Gasteiger charge is 2.06. The largest absolute Gasteiger partial charge is 0.384 e. The molecule has 0 heterocycles. The summed E-state index contributed by atoms with van der Waals surface area (Å²) in [4.78, 5) is 0. The van der Waals surface area contributed by atoms with Crippen molar-refractivity contribution in [3.05, 3.63) is 0 Å². The fourth-order valence-electron chi connectivity index (χ4n) is 1.02. The molecule has 0 aliphatic rings. The summed E-state index contributed by atoms with van der Waals surface area (Å²) in [6, 6.07) is 0. The molecule has 2 heteroatoms. The highest BCUT2D eigenvalue weighted by atomic mass is 16.5. The zero-order chi connectivity index (χ0) is 7.98. The summed E-state index contributed by atoms with van der Waals surface area (Å²) >= 11 is 0. The first-order valence-electron chi connectivity index (χ1n) is 3.72. The van der Waals surface area contributed by atoms with Crippen molar-refractivity contribution in [1.82, 2.24) is 0 Å². The van der Waals surface area contributed by atoms with Crippen LogP contribution in [0.3, 0.4) is 0 Å². The van der Waals surface area contributed by atoms with Crippen LogP contribution < -0.4 is 0 Å². The molecule has 0 aromatic rings. The quantitative estimate of drug-likeness (QED) is 0.587. The Hall–Kier alpha value is -0.0800. The van der Waals surface area contributed by atoms with E-state index in [-0.39, 0.29) is 0 Å². The minimum atomic E-state index is 0.352. The van der Waals surface area contributed by atoms with Gasteiger partial charge in [0.2, 0.25) is 0 Å². The summed E-state index contributed by atoms with van der Waals surface area (Å²) in [5.41, 5.74) is 0. The van der Waals surface area contributed by atoms with Crippen LogP contribution in [0.1, 0.15) is 20.3 Å². The van der Waals surface area contributed by atoms with Gasteiger partial charge in [0, 0.05) is 20.8 Å². The van der Waals surface area contributed by atoms with Crippen molar-refractivity contribution in [1.29, 1.82) is 0 Å². The Morgan fingerprint density at radius 1 is 1.20 bits per heavy atom. The van der Waals surface area contributed by atoms with Crippen molar-refractivity contribution in [2.24, 2.45) is 5.92 Å². The maximum atomic E-state index is 5.11. The molecule has 10 heavy (non-hydrogen) atoms. The number of methoxy groups -OCH3 is 2. The van der Waals surface area contributed by atoms with E-state index in [4.69, 9.17) is 9.47 Å². The fraction of sp³-hybridized carbons (Fsp3) is 1.00. The molecule has 2 atom stereocenters. The molecule has 0 saturated carbocycles. The van der Waals surface area contributed by atoms with Crippen LogP contribution in [0.25, 0.3) is 0 Å². The predicted octanol–water partition coefficient (Wildman–Crippen LogP) is 1.69. The molecule has 2 unspecified atom stereocenters. The molecule has 0 amide bonds. The van der Waals surface area contributed by atoms with E-state index in [0.29, 0.717) is 12.0 Å². The van der Waals surface area contributed by atoms with Gasteiger partial charge in [-0.1, -0.05) is 6.92 Å². The van der Waals surface area contributed by atoms with Gasteiger partial charge in [0.15, 0.2) is 0 Å². The monoisotopic (exact) mass is 146 g/mol. The van der Waals surface area contributed by atoms with E-state index in [1.54, 1.807) is 14.2 Å².